The minimum absolute atomic E-state index is 0. The summed E-state index contributed by atoms with van der Waals surface area (Å²) in [5.41, 5.74) is 0. The van der Waals surface area contributed by atoms with Crippen LogP contribution in [0.5, 0.6) is 0 Å². The van der Waals surface area contributed by atoms with Gasteiger partial charge in [0.05, 0.1) is 0 Å². The second-order valence-electron chi connectivity index (χ2n) is 0.610. The molecule has 0 spiro atoms. The molecule has 0 aromatic rings. The second kappa shape index (κ2) is 4.79. The zero-order valence-electron chi connectivity index (χ0n) is 4.71. The molecule has 0 atom stereocenters. The summed E-state index contributed by atoms with van der Waals surface area (Å²) in [4.78, 5) is 19.2. The standard InChI is InChI=1S/C2H2O2S2.Li.H/c3-1(5)2(4)6;;/h(H,3,5)(H,4,6);;/q;+1;-1. The van der Waals surface area contributed by atoms with Crippen LogP contribution in [0, 0.1) is 0 Å². The Morgan fingerprint density at radius 2 is 1.29 bits per heavy atom. The van der Waals surface area contributed by atoms with E-state index in [-0.39, 0.29) is 20.3 Å². The van der Waals surface area contributed by atoms with Crippen LogP contribution in [0.25, 0.3) is 0 Å². The fraction of sp³-hybridized carbons (Fsp3) is 0. The van der Waals surface area contributed by atoms with Crippen LogP contribution in [0.2, 0.25) is 0 Å². The molecule has 0 heterocycles. The molecule has 0 saturated carbocycles. The van der Waals surface area contributed by atoms with E-state index in [9.17, 15) is 9.59 Å². The van der Waals surface area contributed by atoms with Crippen molar-refractivity contribution < 1.29 is 29.9 Å². The Bertz CT molecular complexity index is 84.0. The molecule has 0 rings (SSSR count). The van der Waals surface area contributed by atoms with Crippen LogP contribution in [-0.2, 0) is 9.59 Å². The predicted molar refractivity (Wildman–Crippen MR) is 29.1 cm³/mol. The van der Waals surface area contributed by atoms with Crippen molar-refractivity contribution in [3.8, 4) is 0 Å². The summed E-state index contributed by atoms with van der Waals surface area (Å²) in [6.07, 6.45) is 0. The van der Waals surface area contributed by atoms with Gasteiger partial charge in [-0.3, -0.25) is 9.59 Å². The predicted octanol–water partition coefficient (Wildman–Crippen LogP) is -2.98. The summed E-state index contributed by atoms with van der Waals surface area (Å²) < 4.78 is 0. The van der Waals surface area contributed by atoms with Gasteiger partial charge in [-0.1, -0.05) is 25.3 Å². The molecule has 0 fully saturated rings. The van der Waals surface area contributed by atoms with Crippen molar-refractivity contribution >= 4 is 35.5 Å². The molecule has 0 aliphatic carbocycles. The third kappa shape index (κ3) is 6.64. The van der Waals surface area contributed by atoms with Crippen molar-refractivity contribution in [1.82, 2.24) is 0 Å². The number of carbonyl (C=O) groups excluding carboxylic acids is 2. The van der Waals surface area contributed by atoms with Gasteiger partial charge in [-0.05, 0) is 0 Å². The molecule has 36 valence electrons. The largest absolute Gasteiger partial charge is 1.00 e. The van der Waals surface area contributed by atoms with Gasteiger partial charge < -0.3 is 1.43 Å². The molecule has 2 nitrogen and oxygen atoms in total. The summed E-state index contributed by atoms with van der Waals surface area (Å²) in [6.45, 7) is 0. The van der Waals surface area contributed by atoms with Crippen molar-refractivity contribution in [2.24, 2.45) is 0 Å². The third-order valence-electron chi connectivity index (χ3n) is 0.183. The average Bonchev–Trinajstić information content (AvgIpc) is 1.36. The van der Waals surface area contributed by atoms with E-state index in [0.29, 0.717) is 0 Å². The molecule has 0 aliphatic heterocycles. The zero-order valence-corrected chi connectivity index (χ0v) is 5.50. The van der Waals surface area contributed by atoms with Gasteiger partial charge in [0.2, 0.25) is 0 Å². The molecule has 0 bridgehead atoms. The minimum atomic E-state index is -0.821. The first-order valence-electron chi connectivity index (χ1n) is 1.11. The maximum absolute atomic E-state index is 9.58. The number of thiol groups is 2. The van der Waals surface area contributed by atoms with Crippen LogP contribution in [0.15, 0.2) is 0 Å². The molecule has 0 saturated heterocycles. The Labute approximate surface area is 65.5 Å². The molecule has 0 N–H and O–H groups in total. The molecular weight excluding hydrogens is 127 g/mol. The Balaban J connectivity index is -0.000000125. The second-order valence-corrected chi connectivity index (χ2v) is 1.42. The van der Waals surface area contributed by atoms with Crippen LogP contribution in [-0.4, -0.2) is 10.2 Å². The SMILES string of the molecule is O=C(S)C(=O)S.[H-].[Li+]. The van der Waals surface area contributed by atoms with E-state index in [0.717, 1.165) is 0 Å². The van der Waals surface area contributed by atoms with Crippen molar-refractivity contribution in [3.05, 3.63) is 0 Å². The molecule has 0 aromatic heterocycles. The maximum atomic E-state index is 9.58. The first-order chi connectivity index (χ1) is 2.64. The van der Waals surface area contributed by atoms with Gasteiger partial charge in [0.25, 0.3) is 10.2 Å². The van der Waals surface area contributed by atoms with Gasteiger partial charge in [0.1, 0.15) is 0 Å². The van der Waals surface area contributed by atoms with Gasteiger partial charge in [-0.25, -0.2) is 0 Å². The summed E-state index contributed by atoms with van der Waals surface area (Å²) in [6, 6.07) is 0. The first kappa shape index (κ1) is 10.6. The number of carbonyl (C=O) groups is 2. The first-order valence-corrected chi connectivity index (χ1v) is 2.00. The summed E-state index contributed by atoms with van der Waals surface area (Å²) in [7, 11) is 0. The van der Waals surface area contributed by atoms with E-state index in [1.54, 1.807) is 0 Å². The summed E-state index contributed by atoms with van der Waals surface area (Å²) in [5, 5.41) is -1.64. The van der Waals surface area contributed by atoms with Gasteiger partial charge in [-0.2, -0.15) is 0 Å². The number of hydrogen-bond acceptors (Lipinski definition) is 2. The fourth-order valence-corrected chi connectivity index (χ4v) is 0. The van der Waals surface area contributed by atoms with Gasteiger partial charge >= 0.3 is 18.9 Å². The molecule has 0 unspecified atom stereocenters. The van der Waals surface area contributed by atoms with Crippen molar-refractivity contribution in [2.75, 3.05) is 0 Å². The van der Waals surface area contributed by atoms with E-state index in [4.69, 9.17) is 0 Å². The Kier molecular flexibility index (Phi) is 7.24. The smallest absolute Gasteiger partial charge is 1.00 e. The van der Waals surface area contributed by atoms with Gasteiger partial charge in [-0.15, -0.1) is 0 Å². The summed E-state index contributed by atoms with van der Waals surface area (Å²) in [5.74, 6) is 0. The zero-order chi connectivity index (χ0) is 5.15. The molecule has 7 heavy (non-hydrogen) atoms. The van der Waals surface area contributed by atoms with Gasteiger partial charge in [0.15, 0.2) is 0 Å². The molecule has 0 amide bonds. The van der Waals surface area contributed by atoms with E-state index in [1.807, 2.05) is 0 Å². The minimum Gasteiger partial charge on any atom is -1.00 e. The van der Waals surface area contributed by atoms with Crippen molar-refractivity contribution in [1.29, 1.82) is 0 Å². The quantitative estimate of drug-likeness (QED) is 0.225. The Hall–Kier alpha value is 0.637. The topological polar surface area (TPSA) is 34.1 Å². The van der Waals surface area contributed by atoms with Crippen LogP contribution >= 0.6 is 25.3 Å². The number of hydrogen-bond donors (Lipinski definition) is 2. The fourth-order valence-electron chi connectivity index (χ4n) is 0. The molecule has 5 heteroatoms. The monoisotopic (exact) mass is 130 g/mol. The average molecular weight is 130 g/mol. The van der Waals surface area contributed by atoms with Crippen LogP contribution in [0.3, 0.4) is 0 Å². The summed E-state index contributed by atoms with van der Waals surface area (Å²) >= 11 is 6.26. The van der Waals surface area contributed by atoms with Crippen molar-refractivity contribution in [3.63, 3.8) is 0 Å². The third-order valence-corrected chi connectivity index (χ3v) is 0.766. The normalized spacial score (nSPS) is 6.57. The molecule has 0 radical (unpaired) electrons. The van der Waals surface area contributed by atoms with E-state index < -0.39 is 10.2 Å². The Morgan fingerprint density at radius 1 is 1.14 bits per heavy atom. The molecule has 0 aliphatic rings. The Morgan fingerprint density at radius 3 is 1.29 bits per heavy atom. The number of rotatable bonds is 1. The van der Waals surface area contributed by atoms with E-state index >= 15 is 0 Å². The van der Waals surface area contributed by atoms with E-state index in [2.05, 4.69) is 25.3 Å². The van der Waals surface area contributed by atoms with Crippen LogP contribution in [0.4, 0.5) is 0 Å². The molecule has 0 aromatic carbocycles. The van der Waals surface area contributed by atoms with Crippen LogP contribution in [0.1, 0.15) is 1.43 Å². The van der Waals surface area contributed by atoms with Crippen LogP contribution < -0.4 is 18.9 Å². The van der Waals surface area contributed by atoms with E-state index in [1.165, 1.54) is 0 Å². The molecular formula is C2H3LiO2S2. The van der Waals surface area contributed by atoms with Crippen molar-refractivity contribution in [2.45, 2.75) is 0 Å². The van der Waals surface area contributed by atoms with Gasteiger partial charge in [0, 0.05) is 0 Å². The maximum Gasteiger partial charge on any atom is 1.00 e.